The van der Waals surface area contributed by atoms with E-state index in [1.54, 1.807) is 0 Å². The Bertz CT molecular complexity index is 1180. The average molecular weight is 587 g/mol. The van der Waals surface area contributed by atoms with Gasteiger partial charge in [0.2, 0.25) is 0 Å². The topological polar surface area (TPSA) is 0 Å². The van der Waals surface area contributed by atoms with Gasteiger partial charge < -0.3 is 0 Å². The quantitative estimate of drug-likeness (QED) is 0.189. The van der Waals surface area contributed by atoms with E-state index in [2.05, 4.69) is 73.7 Å². The Morgan fingerprint density at radius 1 is 0.469 bits per heavy atom. The van der Waals surface area contributed by atoms with Crippen LogP contribution in [0.3, 0.4) is 0 Å². The SMILES string of the molecule is Cc1ccccc1-c1cc[c-]c(-c2[c-]cccc2)c1.[Ir].[c-]1ccccc1-c1[c-]cccc1. The second-order valence-corrected chi connectivity index (χ2v) is 7.13. The first kappa shape index (κ1) is 23.4. The Hall–Kier alpha value is -3.25. The van der Waals surface area contributed by atoms with Gasteiger partial charge in [0.1, 0.15) is 0 Å². The molecule has 0 unspecified atom stereocenters. The summed E-state index contributed by atoms with van der Waals surface area (Å²) in [4.78, 5) is 0. The van der Waals surface area contributed by atoms with E-state index >= 15 is 0 Å². The summed E-state index contributed by atoms with van der Waals surface area (Å²) in [6.07, 6.45) is 0. The van der Waals surface area contributed by atoms with Crippen molar-refractivity contribution in [2.24, 2.45) is 0 Å². The van der Waals surface area contributed by atoms with E-state index in [-0.39, 0.29) is 20.1 Å². The zero-order chi connectivity index (χ0) is 21.3. The van der Waals surface area contributed by atoms with Crippen molar-refractivity contribution < 1.29 is 20.1 Å². The zero-order valence-corrected chi connectivity index (χ0v) is 20.2. The Balaban J connectivity index is 0.000000193. The minimum absolute atomic E-state index is 0. The molecule has 0 N–H and O–H groups in total. The van der Waals surface area contributed by atoms with Gasteiger partial charge in [-0.2, -0.15) is 91.0 Å². The summed E-state index contributed by atoms with van der Waals surface area (Å²) in [6, 6.07) is 51.4. The smallest absolute Gasteiger partial charge is 0 e. The average Bonchev–Trinajstić information content (AvgIpc) is 2.86. The summed E-state index contributed by atoms with van der Waals surface area (Å²) >= 11 is 0. The molecule has 0 saturated carbocycles. The Morgan fingerprint density at radius 3 is 1.44 bits per heavy atom. The molecule has 5 aromatic carbocycles. The van der Waals surface area contributed by atoms with E-state index < -0.39 is 0 Å². The van der Waals surface area contributed by atoms with Crippen LogP contribution in [0.15, 0.2) is 115 Å². The molecule has 0 atom stereocenters. The second-order valence-electron chi connectivity index (χ2n) is 7.13. The van der Waals surface area contributed by atoms with Crippen LogP contribution in [0.25, 0.3) is 33.4 Å². The fourth-order valence-electron chi connectivity index (χ4n) is 3.37. The van der Waals surface area contributed by atoms with Crippen LogP contribution in [-0.2, 0) is 20.1 Å². The summed E-state index contributed by atoms with van der Waals surface area (Å²) in [5, 5.41) is 0. The van der Waals surface area contributed by atoms with Crippen LogP contribution in [-0.4, -0.2) is 0 Å². The first-order chi connectivity index (χ1) is 15.3. The van der Waals surface area contributed by atoms with Crippen molar-refractivity contribution in [2.45, 2.75) is 6.92 Å². The van der Waals surface area contributed by atoms with Gasteiger partial charge in [0, 0.05) is 20.1 Å². The summed E-state index contributed by atoms with van der Waals surface area (Å²) in [6.45, 7) is 2.14. The predicted molar refractivity (Wildman–Crippen MR) is 129 cm³/mol. The fraction of sp³-hybridized carbons (Fsp3) is 0.0323. The standard InChI is InChI=1S/C19H14.C12H8.Ir/c1-15-8-5-6-13-19(15)18-12-7-11-17(14-18)16-9-3-2-4-10-16;1-3-7-11(8-4-1)12-9-5-2-6-10-12;/h2-9,12-14H,1H3;1-7,9H;/q2*-2;. The van der Waals surface area contributed by atoms with Crippen molar-refractivity contribution in [3.8, 4) is 33.4 Å². The van der Waals surface area contributed by atoms with Crippen molar-refractivity contribution in [1.82, 2.24) is 0 Å². The molecule has 5 rings (SSSR count). The van der Waals surface area contributed by atoms with Crippen molar-refractivity contribution in [2.75, 3.05) is 0 Å². The molecule has 0 saturated heterocycles. The van der Waals surface area contributed by atoms with Crippen LogP contribution in [0.1, 0.15) is 5.56 Å². The van der Waals surface area contributed by atoms with Gasteiger partial charge >= 0.3 is 0 Å². The molecule has 0 aliphatic carbocycles. The van der Waals surface area contributed by atoms with Gasteiger partial charge in [0.25, 0.3) is 0 Å². The Morgan fingerprint density at radius 2 is 0.938 bits per heavy atom. The molecule has 32 heavy (non-hydrogen) atoms. The van der Waals surface area contributed by atoms with Crippen molar-refractivity contribution in [3.63, 3.8) is 0 Å². The van der Waals surface area contributed by atoms with E-state index in [9.17, 15) is 0 Å². The van der Waals surface area contributed by atoms with Crippen molar-refractivity contribution in [3.05, 3.63) is 145 Å². The van der Waals surface area contributed by atoms with Crippen molar-refractivity contribution in [1.29, 1.82) is 0 Å². The van der Waals surface area contributed by atoms with E-state index in [4.69, 9.17) is 0 Å². The van der Waals surface area contributed by atoms with Crippen LogP contribution >= 0.6 is 0 Å². The number of rotatable bonds is 3. The molecular weight excluding hydrogens is 565 g/mol. The third-order valence-corrected chi connectivity index (χ3v) is 4.97. The Kier molecular flexibility index (Phi) is 8.75. The van der Waals surface area contributed by atoms with Gasteiger partial charge in [-0.3, -0.25) is 0 Å². The molecule has 0 aliphatic heterocycles. The maximum Gasteiger partial charge on any atom is 0 e. The molecule has 0 bridgehead atoms. The first-order valence-electron chi connectivity index (χ1n) is 10.3. The fourth-order valence-corrected chi connectivity index (χ4v) is 3.37. The molecule has 1 heteroatoms. The number of aryl methyl sites for hydroxylation is 1. The van der Waals surface area contributed by atoms with Gasteiger partial charge in [-0.05, 0) is 18.1 Å². The molecular formula is C31H22Ir-4. The van der Waals surface area contributed by atoms with Crippen LogP contribution in [0, 0.1) is 31.2 Å². The molecule has 1 radical (unpaired) electrons. The Labute approximate surface area is 205 Å². The van der Waals surface area contributed by atoms with Gasteiger partial charge in [-0.15, -0.1) is 29.8 Å². The van der Waals surface area contributed by atoms with E-state index in [1.165, 1.54) is 16.7 Å². The van der Waals surface area contributed by atoms with Gasteiger partial charge in [-0.25, -0.2) is 22.3 Å². The largest absolute Gasteiger partial charge is 0.226 e. The second kappa shape index (κ2) is 12.0. The third kappa shape index (κ3) is 6.14. The molecule has 5 aromatic rings. The van der Waals surface area contributed by atoms with Gasteiger partial charge in [0.15, 0.2) is 0 Å². The van der Waals surface area contributed by atoms with E-state index in [0.29, 0.717) is 0 Å². The van der Waals surface area contributed by atoms with Crippen LogP contribution in [0.5, 0.6) is 0 Å². The molecule has 0 spiro atoms. The van der Waals surface area contributed by atoms with Crippen LogP contribution in [0.4, 0.5) is 0 Å². The summed E-state index contributed by atoms with van der Waals surface area (Å²) in [5.41, 5.74) is 8.14. The molecule has 0 aliphatic rings. The van der Waals surface area contributed by atoms with E-state index in [1.807, 2.05) is 72.8 Å². The molecule has 0 aromatic heterocycles. The van der Waals surface area contributed by atoms with Gasteiger partial charge in [0.05, 0.1) is 0 Å². The van der Waals surface area contributed by atoms with Crippen molar-refractivity contribution >= 4 is 0 Å². The minimum atomic E-state index is 0. The molecule has 0 fully saturated rings. The molecule has 0 heterocycles. The number of hydrogen-bond acceptors (Lipinski definition) is 0. The summed E-state index contributed by atoms with van der Waals surface area (Å²) < 4.78 is 0. The number of hydrogen-bond donors (Lipinski definition) is 0. The van der Waals surface area contributed by atoms with E-state index in [0.717, 1.165) is 22.3 Å². The first-order valence-corrected chi connectivity index (χ1v) is 10.3. The van der Waals surface area contributed by atoms with Crippen LogP contribution < -0.4 is 0 Å². The molecule has 159 valence electrons. The van der Waals surface area contributed by atoms with Crippen LogP contribution in [0.2, 0.25) is 0 Å². The monoisotopic (exact) mass is 587 g/mol. The summed E-state index contributed by atoms with van der Waals surface area (Å²) in [5.74, 6) is 0. The molecule has 0 amide bonds. The predicted octanol–water partition coefficient (Wildman–Crippen LogP) is 7.88. The number of benzene rings is 5. The third-order valence-electron chi connectivity index (χ3n) is 4.97. The summed E-state index contributed by atoms with van der Waals surface area (Å²) in [7, 11) is 0. The minimum Gasteiger partial charge on any atom is -0.226 e. The van der Waals surface area contributed by atoms with Gasteiger partial charge in [-0.1, -0.05) is 24.3 Å². The maximum absolute atomic E-state index is 3.28. The molecule has 0 nitrogen and oxygen atoms in total. The zero-order valence-electron chi connectivity index (χ0n) is 17.8. The normalized spacial score (nSPS) is 9.78. The maximum atomic E-state index is 3.28.